The molecule has 0 radical (unpaired) electrons. The second-order valence-corrected chi connectivity index (χ2v) is 8.04. The van der Waals surface area contributed by atoms with Crippen molar-refractivity contribution in [3.63, 3.8) is 0 Å². The van der Waals surface area contributed by atoms with Gasteiger partial charge in [-0.3, -0.25) is 4.98 Å². The molecule has 0 spiro atoms. The van der Waals surface area contributed by atoms with Crippen molar-refractivity contribution in [2.24, 2.45) is 5.73 Å². The van der Waals surface area contributed by atoms with Crippen molar-refractivity contribution >= 4 is 0 Å². The minimum atomic E-state index is -4.87. The number of benzene rings is 2. The summed E-state index contributed by atoms with van der Waals surface area (Å²) in [5.41, 5.74) is 2.42. The number of nitrogens with zero attached hydrogens (tertiary/aromatic N) is 5. The molecule has 0 aliphatic rings. The van der Waals surface area contributed by atoms with Gasteiger partial charge in [-0.25, -0.2) is 8.78 Å². The summed E-state index contributed by atoms with van der Waals surface area (Å²) in [6.07, 6.45) is -3.81. The molecule has 2 aromatic carbocycles. The third-order valence-electron chi connectivity index (χ3n) is 5.42. The highest BCUT2D eigenvalue weighted by atomic mass is 19.4. The Balaban J connectivity index is 1.70. The number of rotatable bonds is 7. The number of hydrogen-bond donors (Lipinski definition) is 1. The first-order chi connectivity index (χ1) is 17.3. The van der Waals surface area contributed by atoms with E-state index in [0.717, 1.165) is 41.3 Å². The number of hydrogen-bond acceptors (Lipinski definition) is 6. The van der Waals surface area contributed by atoms with Crippen molar-refractivity contribution in [1.82, 2.24) is 25.2 Å². The molecule has 14 heteroatoms. The van der Waals surface area contributed by atoms with Gasteiger partial charge in [0, 0.05) is 23.4 Å². The predicted molar refractivity (Wildman–Crippen MR) is 115 cm³/mol. The summed E-state index contributed by atoms with van der Waals surface area (Å²) in [6, 6.07) is 8.90. The lowest BCUT2D eigenvalue weighted by Crippen LogP contribution is -2.55. The van der Waals surface area contributed by atoms with Crippen LogP contribution in [-0.4, -0.2) is 31.6 Å². The maximum Gasteiger partial charge on any atom is 0.573 e. The maximum atomic E-state index is 15.9. The smallest absolute Gasteiger partial charge is 0.406 e. The van der Waals surface area contributed by atoms with E-state index >= 15 is 8.78 Å². The van der Waals surface area contributed by atoms with E-state index in [0.29, 0.717) is 17.2 Å². The molecule has 0 saturated carbocycles. The number of pyridine rings is 1. The molecular formula is C23H17F7N6O. The number of nitrogens with two attached hydrogens (primary N) is 1. The fourth-order valence-corrected chi connectivity index (χ4v) is 3.65. The van der Waals surface area contributed by atoms with Crippen LogP contribution in [0.1, 0.15) is 17.1 Å². The fraction of sp³-hybridized carbons (Fsp3) is 0.217. The Morgan fingerprint density at radius 2 is 1.59 bits per heavy atom. The predicted octanol–water partition coefficient (Wildman–Crippen LogP) is 4.87. The molecule has 2 N–H and O–H groups in total. The molecule has 194 valence electrons. The Hall–Kier alpha value is -4.07. The molecule has 0 saturated heterocycles. The highest BCUT2D eigenvalue weighted by molar-refractivity contribution is 5.63. The van der Waals surface area contributed by atoms with Crippen molar-refractivity contribution in [2.45, 2.75) is 31.3 Å². The second-order valence-electron chi connectivity index (χ2n) is 8.04. The fourth-order valence-electron chi connectivity index (χ4n) is 3.65. The van der Waals surface area contributed by atoms with Gasteiger partial charge < -0.3 is 10.5 Å². The summed E-state index contributed by atoms with van der Waals surface area (Å²) in [5, 5.41) is 11.1. The van der Waals surface area contributed by atoms with Crippen molar-refractivity contribution in [1.29, 1.82) is 0 Å². The third kappa shape index (κ3) is 5.38. The quantitative estimate of drug-likeness (QED) is 0.346. The summed E-state index contributed by atoms with van der Waals surface area (Å²) in [7, 11) is 0. The molecule has 7 nitrogen and oxygen atoms in total. The lowest BCUT2D eigenvalue weighted by molar-refractivity contribution is -0.274. The minimum absolute atomic E-state index is 0.152. The molecule has 4 rings (SSSR count). The van der Waals surface area contributed by atoms with Gasteiger partial charge in [0.15, 0.2) is 5.82 Å². The highest BCUT2D eigenvalue weighted by Gasteiger charge is 2.56. The van der Waals surface area contributed by atoms with Crippen LogP contribution in [0.2, 0.25) is 0 Å². The summed E-state index contributed by atoms with van der Waals surface area (Å²) in [6.45, 7) is 0.619. The number of halogens is 7. The second kappa shape index (κ2) is 9.42. The topological polar surface area (TPSA) is 91.7 Å². The first-order valence-electron chi connectivity index (χ1n) is 10.5. The van der Waals surface area contributed by atoms with E-state index in [2.05, 4.69) is 25.1 Å². The van der Waals surface area contributed by atoms with Crippen LogP contribution >= 0.6 is 0 Å². The van der Waals surface area contributed by atoms with Crippen LogP contribution in [0.4, 0.5) is 30.7 Å². The van der Waals surface area contributed by atoms with Gasteiger partial charge in [-0.1, -0.05) is 24.3 Å². The number of aromatic nitrogens is 5. The van der Waals surface area contributed by atoms with E-state index in [1.807, 2.05) is 0 Å². The van der Waals surface area contributed by atoms with Gasteiger partial charge in [0.25, 0.3) is 0 Å². The van der Waals surface area contributed by atoms with Gasteiger partial charge in [0.2, 0.25) is 0 Å². The zero-order valence-corrected chi connectivity index (χ0v) is 18.8. The summed E-state index contributed by atoms with van der Waals surface area (Å²) < 4.78 is 101. The summed E-state index contributed by atoms with van der Waals surface area (Å²) in [4.78, 5) is 4.56. The van der Waals surface area contributed by atoms with E-state index in [1.165, 1.54) is 25.1 Å². The van der Waals surface area contributed by atoms with Gasteiger partial charge in [-0.05, 0) is 42.0 Å². The van der Waals surface area contributed by atoms with Crippen LogP contribution in [0, 0.1) is 18.6 Å². The molecule has 37 heavy (non-hydrogen) atoms. The number of alkyl halides is 5. The zero-order chi connectivity index (χ0) is 27.0. The van der Waals surface area contributed by atoms with E-state index in [-0.39, 0.29) is 5.82 Å². The number of tetrazole rings is 1. The third-order valence-corrected chi connectivity index (χ3v) is 5.42. The molecule has 0 bridgehead atoms. The standard InChI is InChI=1S/C23H17F7N6O/c1-13-33-35-36(34-13)12-21(31,18-8-5-16(24)10-19(18)25)22(26,27)20-9-4-15(11-32-20)14-2-6-17(7-3-14)37-23(28,29)30/h2-11H,12,31H2,1H3. The molecule has 1 unspecified atom stereocenters. The molecular weight excluding hydrogens is 509 g/mol. The zero-order valence-electron chi connectivity index (χ0n) is 18.8. The Labute approximate surface area is 204 Å². The summed E-state index contributed by atoms with van der Waals surface area (Å²) in [5.74, 6) is -6.65. The monoisotopic (exact) mass is 526 g/mol. The highest BCUT2D eigenvalue weighted by Crippen LogP contribution is 2.45. The van der Waals surface area contributed by atoms with Gasteiger partial charge in [0.1, 0.15) is 28.6 Å². The van der Waals surface area contributed by atoms with Crippen LogP contribution in [0.5, 0.6) is 5.75 Å². The molecule has 0 aliphatic carbocycles. The van der Waals surface area contributed by atoms with Crippen LogP contribution < -0.4 is 10.5 Å². The van der Waals surface area contributed by atoms with E-state index in [1.54, 1.807) is 0 Å². The largest absolute Gasteiger partial charge is 0.573 e. The maximum absolute atomic E-state index is 15.9. The first-order valence-corrected chi connectivity index (χ1v) is 10.5. The average molecular weight is 526 g/mol. The van der Waals surface area contributed by atoms with Gasteiger partial charge in [-0.15, -0.1) is 23.4 Å². The molecule has 0 amide bonds. The van der Waals surface area contributed by atoms with Gasteiger partial charge in [0.05, 0.1) is 6.54 Å². The molecule has 4 aromatic rings. The van der Waals surface area contributed by atoms with Gasteiger partial charge in [-0.2, -0.15) is 13.6 Å². The molecule has 2 aromatic heterocycles. The van der Waals surface area contributed by atoms with Crippen molar-refractivity contribution < 1.29 is 35.5 Å². The molecule has 2 heterocycles. The Morgan fingerprint density at radius 3 is 2.14 bits per heavy atom. The first kappa shape index (κ1) is 26.0. The summed E-state index contributed by atoms with van der Waals surface area (Å²) >= 11 is 0. The molecule has 0 aliphatic heterocycles. The van der Waals surface area contributed by atoms with Crippen molar-refractivity contribution in [3.8, 4) is 16.9 Å². The number of aryl methyl sites for hydroxylation is 1. The Kier molecular flexibility index (Phi) is 6.62. The van der Waals surface area contributed by atoms with Crippen molar-refractivity contribution in [3.05, 3.63) is 89.5 Å². The number of ether oxygens (including phenoxy) is 1. The lowest BCUT2D eigenvalue weighted by Gasteiger charge is -2.36. The van der Waals surface area contributed by atoms with Crippen LogP contribution in [0.3, 0.4) is 0 Å². The SMILES string of the molecule is Cc1nnn(CC(N)(c2ccc(F)cc2F)C(F)(F)c2ccc(-c3ccc(OC(F)(F)F)cc3)cn2)n1. The van der Waals surface area contributed by atoms with E-state index in [4.69, 9.17) is 5.73 Å². The Bertz CT molecular complexity index is 1390. The Morgan fingerprint density at radius 1 is 0.919 bits per heavy atom. The molecule has 1 atom stereocenters. The van der Waals surface area contributed by atoms with Crippen LogP contribution in [-0.2, 0) is 18.0 Å². The van der Waals surface area contributed by atoms with E-state index in [9.17, 15) is 22.0 Å². The van der Waals surface area contributed by atoms with E-state index < -0.39 is 53.0 Å². The van der Waals surface area contributed by atoms with Crippen molar-refractivity contribution in [2.75, 3.05) is 0 Å². The minimum Gasteiger partial charge on any atom is -0.406 e. The van der Waals surface area contributed by atoms with Gasteiger partial charge >= 0.3 is 12.3 Å². The molecule has 0 fully saturated rings. The van der Waals surface area contributed by atoms with Crippen LogP contribution in [0.15, 0.2) is 60.8 Å². The van der Waals surface area contributed by atoms with Crippen LogP contribution in [0.25, 0.3) is 11.1 Å². The normalized spacial score (nSPS) is 13.9. The lowest BCUT2D eigenvalue weighted by atomic mass is 9.82. The average Bonchev–Trinajstić information content (AvgIpc) is 3.22.